The Balaban J connectivity index is 1.29. The average molecular weight is 624 g/mol. The molecule has 1 heterocycles. The van der Waals surface area contributed by atoms with E-state index in [2.05, 4.69) is 16.0 Å². The summed E-state index contributed by atoms with van der Waals surface area (Å²) in [5, 5.41) is 8.21. The van der Waals surface area contributed by atoms with Gasteiger partial charge in [-0.1, -0.05) is 43.3 Å². The topological polar surface area (TPSA) is 115 Å². The third kappa shape index (κ3) is 8.45. The van der Waals surface area contributed by atoms with Crippen LogP contribution < -0.4 is 30.2 Å². The highest BCUT2D eigenvalue weighted by Crippen LogP contribution is 2.35. The van der Waals surface area contributed by atoms with Crippen LogP contribution in [0, 0.1) is 0 Å². The van der Waals surface area contributed by atoms with Crippen LogP contribution >= 0.6 is 11.8 Å². The van der Waals surface area contributed by atoms with Crippen molar-refractivity contribution in [2.75, 3.05) is 24.0 Å². The number of rotatable bonds is 12. The van der Waals surface area contributed by atoms with Crippen molar-refractivity contribution in [3.05, 3.63) is 114 Å². The standard InChI is InChI=1S/C35H33N3O6S/c1-3-32(35(41)37-26-15-18-30-31(21-26)44-22-43-30)45-28-12-8-11-25(20-28)36-34(40)29(38-33(39)24-9-6-5-7-10-24)19-23-13-16-27(17-14-23)42-4-2/h5-21,32H,3-4,22H2,1-2H3,(H,36,40)(H,37,41)(H,38,39)/b29-19+. The molecule has 0 aromatic heterocycles. The molecular formula is C35H33N3O6S. The van der Waals surface area contributed by atoms with E-state index in [1.807, 2.05) is 38.1 Å². The lowest BCUT2D eigenvalue weighted by Gasteiger charge is -2.16. The van der Waals surface area contributed by atoms with Crippen LogP contribution in [0.4, 0.5) is 11.4 Å². The predicted octanol–water partition coefficient (Wildman–Crippen LogP) is 6.73. The Hall–Kier alpha value is -5.22. The molecule has 1 aliphatic rings. The van der Waals surface area contributed by atoms with Crippen molar-refractivity contribution in [3.63, 3.8) is 0 Å². The van der Waals surface area contributed by atoms with E-state index in [1.165, 1.54) is 11.8 Å². The molecule has 3 amide bonds. The number of carbonyl (C=O) groups excluding carboxylic acids is 3. The number of carbonyl (C=O) groups is 3. The quantitative estimate of drug-likeness (QED) is 0.118. The fourth-order valence-electron chi connectivity index (χ4n) is 4.47. The van der Waals surface area contributed by atoms with Gasteiger partial charge in [0.2, 0.25) is 12.7 Å². The fourth-order valence-corrected chi connectivity index (χ4v) is 5.48. The SMILES string of the molecule is CCOc1ccc(/C=C(/NC(=O)c2ccccc2)C(=O)Nc2cccc(SC(CC)C(=O)Nc3ccc4c(c3)OCO4)c2)cc1. The Morgan fingerprint density at radius 3 is 2.36 bits per heavy atom. The number of amides is 3. The molecule has 9 nitrogen and oxygen atoms in total. The zero-order chi connectivity index (χ0) is 31.6. The van der Waals surface area contributed by atoms with Crippen LogP contribution in [-0.4, -0.2) is 36.4 Å². The maximum Gasteiger partial charge on any atom is 0.272 e. The number of fused-ring (bicyclic) bond motifs is 1. The Kier molecular flexibility index (Phi) is 10.4. The Morgan fingerprint density at radius 1 is 0.844 bits per heavy atom. The first kappa shape index (κ1) is 31.2. The van der Waals surface area contributed by atoms with Crippen LogP contribution in [0.5, 0.6) is 17.2 Å². The Morgan fingerprint density at radius 2 is 1.60 bits per heavy atom. The fraction of sp³-hybridized carbons (Fsp3) is 0.171. The van der Waals surface area contributed by atoms with E-state index in [0.717, 1.165) is 4.90 Å². The molecule has 0 saturated carbocycles. The molecule has 230 valence electrons. The second kappa shape index (κ2) is 15.0. The van der Waals surface area contributed by atoms with E-state index in [0.29, 0.717) is 52.8 Å². The highest BCUT2D eigenvalue weighted by Gasteiger charge is 2.21. The van der Waals surface area contributed by atoms with Gasteiger partial charge in [0.05, 0.1) is 11.9 Å². The molecule has 10 heteroatoms. The second-order valence-corrected chi connectivity index (χ2v) is 11.2. The van der Waals surface area contributed by atoms with Crippen LogP contribution in [0.3, 0.4) is 0 Å². The van der Waals surface area contributed by atoms with Gasteiger partial charge in [0.25, 0.3) is 11.8 Å². The van der Waals surface area contributed by atoms with Crippen molar-refractivity contribution < 1.29 is 28.6 Å². The smallest absolute Gasteiger partial charge is 0.272 e. The number of anilines is 2. The third-order valence-electron chi connectivity index (χ3n) is 6.70. The highest BCUT2D eigenvalue weighted by molar-refractivity contribution is 8.00. The van der Waals surface area contributed by atoms with Crippen LogP contribution in [0.25, 0.3) is 6.08 Å². The van der Waals surface area contributed by atoms with Crippen LogP contribution in [-0.2, 0) is 9.59 Å². The first-order valence-corrected chi connectivity index (χ1v) is 15.4. The van der Waals surface area contributed by atoms with Crippen molar-refractivity contribution in [1.82, 2.24) is 5.32 Å². The number of hydrogen-bond donors (Lipinski definition) is 3. The van der Waals surface area contributed by atoms with Crippen molar-refractivity contribution >= 4 is 46.9 Å². The normalized spacial score (nSPS) is 12.6. The summed E-state index contributed by atoms with van der Waals surface area (Å²) in [6.07, 6.45) is 2.19. The van der Waals surface area contributed by atoms with E-state index in [9.17, 15) is 14.4 Å². The summed E-state index contributed by atoms with van der Waals surface area (Å²) in [6.45, 7) is 4.54. The second-order valence-electron chi connectivity index (χ2n) is 9.93. The van der Waals surface area contributed by atoms with Crippen LogP contribution in [0.15, 0.2) is 108 Å². The first-order valence-electron chi connectivity index (χ1n) is 14.5. The summed E-state index contributed by atoms with van der Waals surface area (Å²) in [7, 11) is 0. The van der Waals surface area contributed by atoms with Gasteiger partial charge in [0.1, 0.15) is 11.4 Å². The maximum atomic E-state index is 13.5. The molecule has 1 aliphatic heterocycles. The van der Waals surface area contributed by atoms with Gasteiger partial charge in [-0.2, -0.15) is 0 Å². The number of ether oxygens (including phenoxy) is 3. The van der Waals surface area contributed by atoms with Gasteiger partial charge in [0.15, 0.2) is 11.5 Å². The summed E-state index contributed by atoms with van der Waals surface area (Å²) >= 11 is 1.39. The minimum absolute atomic E-state index is 0.0700. The number of hydrogen-bond acceptors (Lipinski definition) is 7. The molecule has 4 aromatic rings. The summed E-state index contributed by atoms with van der Waals surface area (Å²) in [5.74, 6) is 0.880. The summed E-state index contributed by atoms with van der Waals surface area (Å²) in [6, 6.07) is 28.4. The summed E-state index contributed by atoms with van der Waals surface area (Å²) in [4.78, 5) is 40.4. The minimum atomic E-state index is -0.497. The number of thioether (sulfide) groups is 1. The molecule has 0 aliphatic carbocycles. The molecule has 0 fully saturated rings. The Labute approximate surface area is 266 Å². The summed E-state index contributed by atoms with van der Waals surface area (Å²) in [5.41, 5.74) is 2.34. The molecule has 45 heavy (non-hydrogen) atoms. The monoisotopic (exact) mass is 623 g/mol. The van der Waals surface area contributed by atoms with Crippen molar-refractivity contribution in [3.8, 4) is 17.2 Å². The van der Waals surface area contributed by atoms with Gasteiger partial charge in [-0.3, -0.25) is 14.4 Å². The molecule has 1 atom stereocenters. The van der Waals surface area contributed by atoms with Crippen molar-refractivity contribution in [1.29, 1.82) is 0 Å². The molecule has 1 unspecified atom stereocenters. The molecule has 0 spiro atoms. The van der Waals surface area contributed by atoms with Crippen LogP contribution in [0.2, 0.25) is 0 Å². The zero-order valence-electron chi connectivity index (χ0n) is 24.9. The molecule has 0 saturated heterocycles. The third-order valence-corrected chi connectivity index (χ3v) is 8.06. The number of nitrogens with one attached hydrogen (secondary N) is 3. The predicted molar refractivity (Wildman–Crippen MR) is 176 cm³/mol. The van der Waals surface area contributed by atoms with E-state index in [4.69, 9.17) is 14.2 Å². The minimum Gasteiger partial charge on any atom is -0.494 e. The van der Waals surface area contributed by atoms with E-state index in [1.54, 1.807) is 78.9 Å². The lowest BCUT2D eigenvalue weighted by atomic mass is 10.1. The van der Waals surface area contributed by atoms with Gasteiger partial charge in [-0.25, -0.2) is 0 Å². The first-order chi connectivity index (χ1) is 21.9. The van der Waals surface area contributed by atoms with E-state index < -0.39 is 11.8 Å². The zero-order valence-corrected chi connectivity index (χ0v) is 25.7. The molecule has 5 rings (SSSR count). The van der Waals surface area contributed by atoms with E-state index in [-0.39, 0.29) is 23.6 Å². The number of benzene rings is 4. The average Bonchev–Trinajstić information content (AvgIpc) is 3.53. The highest BCUT2D eigenvalue weighted by atomic mass is 32.2. The van der Waals surface area contributed by atoms with Gasteiger partial charge in [0, 0.05) is 27.9 Å². The Bertz CT molecular complexity index is 1690. The van der Waals surface area contributed by atoms with Crippen LogP contribution in [0.1, 0.15) is 36.2 Å². The lowest BCUT2D eigenvalue weighted by Crippen LogP contribution is -2.30. The molecule has 0 radical (unpaired) electrons. The van der Waals surface area contributed by atoms with E-state index >= 15 is 0 Å². The molecule has 3 N–H and O–H groups in total. The van der Waals surface area contributed by atoms with Gasteiger partial charge in [-0.15, -0.1) is 11.8 Å². The molecular weight excluding hydrogens is 590 g/mol. The summed E-state index contributed by atoms with van der Waals surface area (Å²) < 4.78 is 16.3. The van der Waals surface area contributed by atoms with Gasteiger partial charge >= 0.3 is 0 Å². The lowest BCUT2D eigenvalue weighted by molar-refractivity contribution is -0.116. The van der Waals surface area contributed by atoms with Gasteiger partial charge < -0.3 is 30.2 Å². The molecule has 0 bridgehead atoms. The largest absolute Gasteiger partial charge is 0.494 e. The van der Waals surface area contributed by atoms with Crippen molar-refractivity contribution in [2.45, 2.75) is 30.4 Å². The van der Waals surface area contributed by atoms with Crippen molar-refractivity contribution in [2.24, 2.45) is 0 Å². The molecule has 4 aromatic carbocycles. The van der Waals surface area contributed by atoms with Gasteiger partial charge in [-0.05, 0) is 79.6 Å². The maximum absolute atomic E-state index is 13.5.